The third-order valence-corrected chi connectivity index (χ3v) is 5.94. The highest BCUT2D eigenvalue weighted by atomic mass is 16.4. The Morgan fingerprint density at radius 2 is 1.24 bits per heavy atom. The van der Waals surface area contributed by atoms with Crippen LogP contribution in [0.5, 0.6) is 5.75 Å². The minimum Gasteiger partial charge on any atom is -0.508 e. The Morgan fingerprint density at radius 3 is 1.80 bits per heavy atom. The van der Waals surface area contributed by atoms with Gasteiger partial charge >= 0.3 is 11.9 Å². The summed E-state index contributed by atoms with van der Waals surface area (Å²) in [6.45, 7) is 0. The van der Waals surface area contributed by atoms with Crippen LogP contribution in [-0.2, 0) is 41.6 Å². The summed E-state index contributed by atoms with van der Waals surface area (Å²) in [5, 5.41) is 35.1. The van der Waals surface area contributed by atoms with Crippen LogP contribution in [0.4, 0.5) is 0 Å². The minimum absolute atomic E-state index is 0.0607. The van der Waals surface area contributed by atoms with Crippen molar-refractivity contribution in [3.8, 4) is 5.75 Å². The monoisotopic (exact) mass is 571 g/mol. The van der Waals surface area contributed by atoms with Crippen molar-refractivity contribution in [2.24, 2.45) is 11.5 Å². The van der Waals surface area contributed by atoms with E-state index >= 15 is 0 Å². The van der Waals surface area contributed by atoms with Gasteiger partial charge in [-0.3, -0.25) is 24.0 Å². The van der Waals surface area contributed by atoms with Gasteiger partial charge in [-0.25, -0.2) is 4.79 Å². The van der Waals surface area contributed by atoms with Crippen LogP contribution >= 0.6 is 0 Å². The second kappa shape index (κ2) is 15.6. The summed E-state index contributed by atoms with van der Waals surface area (Å²) in [6, 6.07) is 8.86. The van der Waals surface area contributed by atoms with E-state index in [1.165, 1.54) is 24.3 Å². The number of phenols is 1. The predicted octanol–water partition coefficient (Wildman–Crippen LogP) is -1.22. The van der Waals surface area contributed by atoms with E-state index in [4.69, 9.17) is 16.6 Å². The largest absolute Gasteiger partial charge is 0.508 e. The molecule has 4 unspecified atom stereocenters. The fraction of sp³-hybridized carbons (Fsp3) is 0.333. The van der Waals surface area contributed by atoms with Gasteiger partial charge < -0.3 is 42.7 Å². The average molecular weight is 572 g/mol. The fourth-order valence-electron chi connectivity index (χ4n) is 3.80. The van der Waals surface area contributed by atoms with Crippen LogP contribution in [0.25, 0.3) is 0 Å². The van der Waals surface area contributed by atoms with E-state index in [1.807, 2.05) is 0 Å². The molecule has 0 fully saturated rings. The van der Waals surface area contributed by atoms with Crippen molar-refractivity contribution in [3.63, 3.8) is 0 Å². The van der Waals surface area contributed by atoms with E-state index in [1.54, 1.807) is 30.3 Å². The number of nitrogens with one attached hydrogen (secondary N) is 3. The molecule has 10 N–H and O–H groups in total. The Kier molecular flexibility index (Phi) is 12.2. The number of carboxylic acid groups (broad SMARTS) is 2. The highest BCUT2D eigenvalue weighted by Crippen LogP contribution is 2.12. The van der Waals surface area contributed by atoms with Gasteiger partial charge in [0.05, 0.1) is 12.5 Å². The lowest BCUT2D eigenvalue weighted by Crippen LogP contribution is -2.58. The van der Waals surface area contributed by atoms with Crippen LogP contribution in [-0.4, -0.2) is 75.1 Å². The SMILES string of the molecule is NC(=O)CC(NC(=O)C(Cc1ccc(O)cc1)NC(=O)C(CCC(=O)O)NC(=O)C(N)Cc1ccccc1)C(=O)O. The number of hydrogen-bond donors (Lipinski definition) is 8. The van der Waals surface area contributed by atoms with Gasteiger partial charge in [0.25, 0.3) is 0 Å². The molecule has 4 amide bonds. The number of primary amides is 1. The number of phenolic OH excluding ortho intramolecular Hbond substituents is 1. The van der Waals surface area contributed by atoms with Gasteiger partial charge in [0.15, 0.2) is 0 Å². The number of carbonyl (C=O) groups is 6. The third-order valence-electron chi connectivity index (χ3n) is 5.94. The van der Waals surface area contributed by atoms with Crippen molar-refractivity contribution in [1.29, 1.82) is 0 Å². The fourth-order valence-corrected chi connectivity index (χ4v) is 3.80. The zero-order chi connectivity index (χ0) is 30.5. The van der Waals surface area contributed by atoms with Gasteiger partial charge in [-0.05, 0) is 36.1 Å². The number of nitrogens with two attached hydrogens (primary N) is 2. The molecule has 0 heterocycles. The molecule has 0 bridgehead atoms. The van der Waals surface area contributed by atoms with Crippen molar-refractivity contribution < 1.29 is 44.1 Å². The molecule has 0 aliphatic heterocycles. The molecule has 220 valence electrons. The predicted molar refractivity (Wildman–Crippen MR) is 144 cm³/mol. The van der Waals surface area contributed by atoms with Gasteiger partial charge in [0.1, 0.15) is 23.9 Å². The second-order valence-electron chi connectivity index (χ2n) is 9.29. The van der Waals surface area contributed by atoms with E-state index < -0.39 is 72.6 Å². The molecule has 0 spiro atoms. The first-order valence-electron chi connectivity index (χ1n) is 12.6. The van der Waals surface area contributed by atoms with Gasteiger partial charge in [-0.2, -0.15) is 0 Å². The number of rotatable bonds is 16. The molecule has 41 heavy (non-hydrogen) atoms. The molecule has 0 radical (unpaired) electrons. The topological polar surface area (TPSA) is 251 Å². The first-order valence-corrected chi connectivity index (χ1v) is 12.6. The standard InChI is InChI=1S/C27H33N5O9/c28-18(12-15-4-2-1-3-5-15)24(37)30-19(10-11-23(35)36)25(38)31-20(13-16-6-8-17(33)9-7-16)26(39)32-21(27(40)41)14-22(29)34/h1-9,18-21,33H,10-14,28H2,(H2,29,34)(H,30,37)(H,31,38)(H,32,39)(H,35,36)(H,40,41). The average Bonchev–Trinajstić information content (AvgIpc) is 2.91. The number of hydrogen-bond acceptors (Lipinski definition) is 8. The Balaban J connectivity index is 2.25. The van der Waals surface area contributed by atoms with Crippen LogP contribution in [0.3, 0.4) is 0 Å². The summed E-state index contributed by atoms with van der Waals surface area (Å²) in [6.07, 6.45) is -1.59. The zero-order valence-electron chi connectivity index (χ0n) is 22.0. The van der Waals surface area contributed by atoms with Crippen LogP contribution < -0.4 is 27.4 Å². The maximum absolute atomic E-state index is 13.3. The van der Waals surface area contributed by atoms with E-state index in [9.17, 15) is 39.0 Å². The number of benzene rings is 2. The summed E-state index contributed by atoms with van der Waals surface area (Å²) >= 11 is 0. The lowest BCUT2D eigenvalue weighted by atomic mass is 10.0. The Morgan fingerprint density at radius 1 is 0.707 bits per heavy atom. The van der Waals surface area contributed by atoms with Gasteiger partial charge in [0.2, 0.25) is 23.6 Å². The number of amides is 4. The maximum atomic E-state index is 13.3. The first kappa shape index (κ1) is 32.2. The lowest BCUT2D eigenvalue weighted by Gasteiger charge is -2.25. The normalized spacial score (nSPS) is 13.6. The lowest BCUT2D eigenvalue weighted by molar-refractivity contribution is -0.143. The Hall–Kier alpha value is -4.98. The highest BCUT2D eigenvalue weighted by Gasteiger charge is 2.31. The molecule has 14 nitrogen and oxygen atoms in total. The van der Waals surface area contributed by atoms with Crippen molar-refractivity contribution in [1.82, 2.24) is 16.0 Å². The summed E-state index contributed by atoms with van der Waals surface area (Å²) in [7, 11) is 0. The van der Waals surface area contributed by atoms with Crippen LogP contribution in [0.15, 0.2) is 54.6 Å². The maximum Gasteiger partial charge on any atom is 0.326 e. The summed E-state index contributed by atoms with van der Waals surface area (Å²) in [4.78, 5) is 73.1. The van der Waals surface area contributed by atoms with Gasteiger partial charge in [-0.1, -0.05) is 42.5 Å². The van der Waals surface area contributed by atoms with Crippen LogP contribution in [0.1, 0.15) is 30.4 Å². The van der Waals surface area contributed by atoms with Crippen LogP contribution in [0, 0.1) is 0 Å². The smallest absolute Gasteiger partial charge is 0.326 e. The van der Waals surface area contributed by atoms with E-state index in [0.29, 0.717) is 5.56 Å². The molecule has 0 aromatic heterocycles. The molecule has 14 heteroatoms. The van der Waals surface area contributed by atoms with E-state index in [0.717, 1.165) is 5.56 Å². The number of aliphatic carboxylic acids is 2. The van der Waals surface area contributed by atoms with Crippen molar-refractivity contribution >= 4 is 35.6 Å². The minimum atomic E-state index is -1.68. The molecule has 2 rings (SSSR count). The summed E-state index contributed by atoms with van der Waals surface area (Å²) in [5.74, 6) is -6.46. The van der Waals surface area contributed by atoms with Gasteiger partial charge in [0, 0.05) is 12.8 Å². The molecular formula is C27H33N5O9. The number of aromatic hydroxyl groups is 1. The molecular weight excluding hydrogens is 538 g/mol. The Labute approximate surface area is 235 Å². The third kappa shape index (κ3) is 11.3. The molecule has 0 aliphatic carbocycles. The Bertz CT molecular complexity index is 1240. The molecule has 2 aromatic carbocycles. The zero-order valence-corrected chi connectivity index (χ0v) is 22.0. The molecule has 0 saturated carbocycles. The summed E-state index contributed by atoms with van der Waals surface area (Å²) in [5.41, 5.74) is 12.3. The number of carbonyl (C=O) groups excluding carboxylic acids is 4. The van der Waals surface area contributed by atoms with E-state index in [2.05, 4.69) is 16.0 Å². The first-order chi connectivity index (χ1) is 19.3. The molecule has 0 aliphatic rings. The van der Waals surface area contributed by atoms with Gasteiger partial charge in [-0.15, -0.1) is 0 Å². The summed E-state index contributed by atoms with van der Waals surface area (Å²) < 4.78 is 0. The highest BCUT2D eigenvalue weighted by molar-refractivity contribution is 5.95. The number of carboxylic acids is 2. The van der Waals surface area contributed by atoms with Crippen molar-refractivity contribution in [2.45, 2.75) is 56.3 Å². The van der Waals surface area contributed by atoms with E-state index in [-0.39, 0.29) is 25.0 Å². The quantitative estimate of drug-likeness (QED) is 0.119. The second-order valence-corrected chi connectivity index (χ2v) is 9.29. The van der Waals surface area contributed by atoms with Crippen molar-refractivity contribution in [2.75, 3.05) is 0 Å². The van der Waals surface area contributed by atoms with Crippen LogP contribution in [0.2, 0.25) is 0 Å². The molecule has 2 aromatic rings. The molecule has 0 saturated heterocycles. The van der Waals surface area contributed by atoms with Crippen molar-refractivity contribution in [3.05, 3.63) is 65.7 Å². The molecule has 4 atom stereocenters.